The smallest absolute Gasteiger partial charge is 0.207 e. The highest BCUT2D eigenvalue weighted by Crippen LogP contribution is 2.26. The predicted molar refractivity (Wildman–Crippen MR) is 76.8 cm³/mol. The zero-order valence-corrected chi connectivity index (χ0v) is 14.2. The van der Waals surface area contributed by atoms with Gasteiger partial charge in [0, 0.05) is 10.9 Å². The third-order valence-corrected chi connectivity index (χ3v) is 5.03. The second-order valence-corrected chi connectivity index (χ2v) is 7.93. The highest BCUT2D eigenvalue weighted by atomic mass is 79.9. The van der Waals surface area contributed by atoms with Crippen molar-refractivity contribution in [1.29, 1.82) is 0 Å². The van der Waals surface area contributed by atoms with Crippen LogP contribution in [0.2, 0.25) is 0 Å². The van der Waals surface area contributed by atoms with Crippen LogP contribution in [0.1, 0.15) is 26.3 Å². The Kier molecular flexibility index (Phi) is 4.97. The second-order valence-electron chi connectivity index (χ2n) is 4.86. The lowest BCUT2D eigenvalue weighted by Crippen LogP contribution is -2.40. The lowest BCUT2D eigenvalue weighted by Gasteiger charge is -2.21. The normalized spacial score (nSPS) is 12.8. The van der Waals surface area contributed by atoms with Crippen molar-refractivity contribution in [3.63, 3.8) is 0 Å². The van der Waals surface area contributed by atoms with Gasteiger partial charge in [0.15, 0.2) is 0 Å². The molecule has 18 heavy (non-hydrogen) atoms. The van der Waals surface area contributed by atoms with Crippen molar-refractivity contribution in [3.05, 3.63) is 28.0 Å². The van der Waals surface area contributed by atoms with Gasteiger partial charge in [0.05, 0.1) is 9.37 Å². The number of alkyl halides is 1. The Morgan fingerprint density at radius 2 is 1.89 bits per heavy atom. The highest BCUT2D eigenvalue weighted by molar-refractivity contribution is 9.10. The van der Waals surface area contributed by atoms with Gasteiger partial charge < -0.3 is 0 Å². The summed E-state index contributed by atoms with van der Waals surface area (Å²) in [6, 6.07) is 2.48. The second kappa shape index (κ2) is 5.56. The number of sulfonamides is 1. The maximum Gasteiger partial charge on any atom is 0.241 e. The summed E-state index contributed by atoms with van der Waals surface area (Å²) >= 11 is 6.16. The standard InChI is InChI=1S/C11H14Br2FNO2S/c1-11(2,3)15-18(16,17)10-5-8(13)9(14)4-7(10)6-12/h4-5,15H,6H2,1-3H3. The molecule has 0 saturated carbocycles. The van der Waals surface area contributed by atoms with E-state index in [0.717, 1.165) is 0 Å². The quantitative estimate of drug-likeness (QED) is 0.785. The van der Waals surface area contributed by atoms with Crippen LogP contribution in [0, 0.1) is 5.82 Å². The van der Waals surface area contributed by atoms with E-state index in [-0.39, 0.29) is 14.7 Å². The zero-order chi connectivity index (χ0) is 14.1. The van der Waals surface area contributed by atoms with Gasteiger partial charge in [-0.25, -0.2) is 17.5 Å². The number of benzene rings is 1. The summed E-state index contributed by atoms with van der Waals surface area (Å²) in [4.78, 5) is 0.0718. The van der Waals surface area contributed by atoms with Crippen LogP contribution in [-0.2, 0) is 15.4 Å². The van der Waals surface area contributed by atoms with Crippen LogP contribution >= 0.6 is 31.9 Å². The molecule has 0 unspecified atom stereocenters. The number of hydrogen-bond acceptors (Lipinski definition) is 2. The first-order chi connectivity index (χ1) is 8.07. The Balaban J connectivity index is 3.36. The topological polar surface area (TPSA) is 46.2 Å². The third kappa shape index (κ3) is 4.01. The average Bonchev–Trinajstić information content (AvgIpc) is 2.17. The molecule has 0 aliphatic heterocycles. The Bertz CT molecular complexity index is 553. The van der Waals surface area contributed by atoms with E-state index in [1.807, 2.05) is 0 Å². The molecule has 0 bridgehead atoms. The molecule has 1 aromatic rings. The molecule has 102 valence electrons. The van der Waals surface area contributed by atoms with Crippen molar-refractivity contribution in [3.8, 4) is 0 Å². The molecule has 0 aliphatic rings. The highest BCUT2D eigenvalue weighted by Gasteiger charge is 2.25. The Morgan fingerprint density at radius 3 is 2.33 bits per heavy atom. The van der Waals surface area contributed by atoms with Gasteiger partial charge in [0.1, 0.15) is 5.82 Å². The molecule has 1 aromatic carbocycles. The summed E-state index contributed by atoms with van der Waals surface area (Å²) in [6.45, 7) is 5.24. The van der Waals surface area contributed by atoms with Gasteiger partial charge in [-0.3, -0.25) is 0 Å². The Morgan fingerprint density at radius 1 is 1.33 bits per heavy atom. The maximum atomic E-state index is 13.4. The third-order valence-electron chi connectivity index (χ3n) is 1.98. The molecule has 3 nitrogen and oxygen atoms in total. The fraction of sp³-hybridized carbons (Fsp3) is 0.455. The fourth-order valence-electron chi connectivity index (χ4n) is 1.38. The number of halogens is 3. The predicted octanol–water partition coefficient (Wildman–Crippen LogP) is 3.56. The van der Waals surface area contributed by atoms with E-state index in [0.29, 0.717) is 5.56 Å². The van der Waals surface area contributed by atoms with E-state index in [2.05, 4.69) is 36.6 Å². The van der Waals surface area contributed by atoms with E-state index in [1.54, 1.807) is 20.8 Å². The van der Waals surface area contributed by atoms with E-state index >= 15 is 0 Å². The largest absolute Gasteiger partial charge is 0.241 e. The fourth-order valence-corrected chi connectivity index (χ4v) is 4.19. The van der Waals surface area contributed by atoms with Crippen LogP contribution in [-0.4, -0.2) is 14.0 Å². The molecule has 0 spiro atoms. The van der Waals surface area contributed by atoms with Gasteiger partial charge in [-0.1, -0.05) is 15.9 Å². The summed E-state index contributed by atoms with van der Waals surface area (Å²) in [5.41, 5.74) is -0.212. The molecule has 7 heteroatoms. The SMILES string of the molecule is CC(C)(C)NS(=O)(=O)c1cc(Br)c(F)cc1CBr. The van der Waals surface area contributed by atoms with Gasteiger partial charge in [-0.15, -0.1) is 0 Å². The van der Waals surface area contributed by atoms with Gasteiger partial charge in [0.2, 0.25) is 10.0 Å². The molecule has 1 N–H and O–H groups in total. The molecule has 0 aliphatic carbocycles. The summed E-state index contributed by atoms with van der Waals surface area (Å²) in [5.74, 6) is -0.487. The first-order valence-corrected chi connectivity index (χ1v) is 8.54. The van der Waals surface area contributed by atoms with Gasteiger partial charge in [0.25, 0.3) is 0 Å². The zero-order valence-electron chi connectivity index (χ0n) is 10.2. The Labute approximate surface area is 123 Å². The van der Waals surface area contributed by atoms with Crippen LogP contribution in [0.15, 0.2) is 21.5 Å². The maximum absolute atomic E-state index is 13.4. The molecule has 1 rings (SSSR count). The lowest BCUT2D eigenvalue weighted by molar-refractivity contribution is 0.491. The van der Waals surface area contributed by atoms with Crippen LogP contribution in [0.4, 0.5) is 4.39 Å². The molecule has 0 fully saturated rings. The van der Waals surface area contributed by atoms with Crippen molar-refractivity contribution in [2.45, 2.75) is 36.5 Å². The lowest BCUT2D eigenvalue weighted by atomic mass is 10.1. The first-order valence-electron chi connectivity index (χ1n) is 5.15. The summed E-state index contributed by atoms with van der Waals surface area (Å²) < 4.78 is 40.5. The Hall–Kier alpha value is 0.0200. The molecular formula is C11H14Br2FNO2S. The van der Waals surface area contributed by atoms with E-state index < -0.39 is 21.4 Å². The van der Waals surface area contributed by atoms with Crippen LogP contribution in [0.25, 0.3) is 0 Å². The molecule has 0 heterocycles. The minimum absolute atomic E-state index is 0.0718. The minimum atomic E-state index is -3.68. The summed E-state index contributed by atoms with van der Waals surface area (Å²) in [5, 5.41) is 0.261. The number of rotatable bonds is 3. The van der Waals surface area contributed by atoms with E-state index in [4.69, 9.17) is 0 Å². The number of nitrogens with one attached hydrogen (secondary N) is 1. The molecule has 0 radical (unpaired) electrons. The van der Waals surface area contributed by atoms with E-state index in [9.17, 15) is 12.8 Å². The van der Waals surface area contributed by atoms with E-state index in [1.165, 1.54) is 12.1 Å². The monoisotopic (exact) mass is 401 g/mol. The molecule has 0 atom stereocenters. The summed E-state index contributed by atoms with van der Waals surface area (Å²) in [7, 11) is -3.68. The van der Waals surface area contributed by atoms with Crippen molar-refractivity contribution in [2.75, 3.05) is 0 Å². The van der Waals surface area contributed by atoms with Crippen molar-refractivity contribution >= 4 is 41.9 Å². The van der Waals surface area contributed by atoms with Crippen molar-refractivity contribution in [2.24, 2.45) is 0 Å². The molecule has 0 amide bonds. The first kappa shape index (κ1) is 16.1. The average molecular weight is 403 g/mol. The van der Waals surface area contributed by atoms with Gasteiger partial charge >= 0.3 is 0 Å². The van der Waals surface area contributed by atoms with Crippen LogP contribution < -0.4 is 4.72 Å². The summed E-state index contributed by atoms with van der Waals surface area (Å²) in [6.07, 6.45) is 0. The van der Waals surface area contributed by atoms with Crippen molar-refractivity contribution < 1.29 is 12.8 Å². The molecule has 0 saturated heterocycles. The van der Waals surface area contributed by atoms with Gasteiger partial charge in [-0.2, -0.15) is 0 Å². The van der Waals surface area contributed by atoms with Crippen LogP contribution in [0.5, 0.6) is 0 Å². The molecular weight excluding hydrogens is 389 g/mol. The van der Waals surface area contributed by atoms with Crippen molar-refractivity contribution in [1.82, 2.24) is 4.72 Å². The van der Waals surface area contributed by atoms with Gasteiger partial charge in [-0.05, 0) is 54.4 Å². The minimum Gasteiger partial charge on any atom is -0.207 e. The van der Waals surface area contributed by atoms with Crippen LogP contribution in [0.3, 0.4) is 0 Å². The number of hydrogen-bond donors (Lipinski definition) is 1. The molecule has 0 aromatic heterocycles.